The maximum atomic E-state index is 12.9. The zero-order chi connectivity index (χ0) is 21.8. The van der Waals surface area contributed by atoms with E-state index in [0.29, 0.717) is 22.7 Å². The summed E-state index contributed by atoms with van der Waals surface area (Å²) in [5.41, 5.74) is 4.06. The molecule has 10 heteroatoms. The van der Waals surface area contributed by atoms with Crippen molar-refractivity contribution in [3.63, 3.8) is 0 Å². The molecule has 2 N–H and O–H groups in total. The van der Waals surface area contributed by atoms with Gasteiger partial charge in [0.05, 0.1) is 23.7 Å². The van der Waals surface area contributed by atoms with E-state index in [1.165, 1.54) is 18.9 Å². The van der Waals surface area contributed by atoms with Gasteiger partial charge in [-0.2, -0.15) is 10.2 Å². The number of nitrogens with zero attached hydrogens (tertiary/aromatic N) is 4. The van der Waals surface area contributed by atoms with E-state index in [0.717, 1.165) is 29.7 Å². The Balaban J connectivity index is 1.36. The van der Waals surface area contributed by atoms with E-state index in [4.69, 9.17) is 0 Å². The molecule has 1 saturated carbocycles. The van der Waals surface area contributed by atoms with E-state index in [-0.39, 0.29) is 11.7 Å². The molecule has 0 saturated heterocycles. The number of rotatable bonds is 6. The van der Waals surface area contributed by atoms with Crippen LogP contribution < -0.4 is 5.32 Å². The highest BCUT2D eigenvalue weighted by molar-refractivity contribution is 7.90. The largest absolute Gasteiger partial charge is 0.318 e. The highest BCUT2D eigenvalue weighted by Crippen LogP contribution is 2.59. The van der Waals surface area contributed by atoms with E-state index in [1.807, 2.05) is 6.07 Å². The maximum absolute atomic E-state index is 12.9. The smallest absolute Gasteiger partial charge is 0.276 e. The minimum absolute atomic E-state index is 0.124. The van der Waals surface area contributed by atoms with Gasteiger partial charge in [-0.05, 0) is 42.2 Å². The molecule has 3 heterocycles. The van der Waals surface area contributed by atoms with Gasteiger partial charge in [-0.3, -0.25) is 19.6 Å². The number of anilines is 1. The van der Waals surface area contributed by atoms with Crippen molar-refractivity contribution >= 4 is 21.4 Å². The van der Waals surface area contributed by atoms with Gasteiger partial charge in [0.25, 0.3) is 5.91 Å². The van der Waals surface area contributed by atoms with Crippen LogP contribution >= 0.6 is 0 Å². The van der Waals surface area contributed by atoms with Gasteiger partial charge in [0.1, 0.15) is 9.84 Å². The number of H-pyrrole nitrogens is 1. The van der Waals surface area contributed by atoms with E-state index in [9.17, 15) is 13.2 Å². The first kappa shape index (κ1) is 19.9. The Morgan fingerprint density at radius 2 is 2.26 bits per heavy atom. The molecule has 0 radical (unpaired) electrons. The number of hydrogen-bond donors (Lipinski definition) is 2. The fourth-order valence-corrected chi connectivity index (χ4v) is 5.51. The molecule has 0 bridgehead atoms. The Morgan fingerprint density at radius 3 is 3.00 bits per heavy atom. The van der Waals surface area contributed by atoms with Crippen LogP contribution in [0.4, 0.5) is 5.69 Å². The zero-order valence-electron chi connectivity index (χ0n) is 17.4. The zero-order valence-corrected chi connectivity index (χ0v) is 18.2. The van der Waals surface area contributed by atoms with E-state index >= 15 is 0 Å². The molecule has 0 aliphatic heterocycles. The van der Waals surface area contributed by atoms with Gasteiger partial charge in [0, 0.05) is 36.1 Å². The molecular formula is C21H24N6O3S. The number of aromatic nitrogens is 5. The Morgan fingerprint density at radius 1 is 1.42 bits per heavy atom. The fraction of sp³-hybridized carbons (Fsp3) is 0.429. The molecule has 2 aliphatic carbocycles. The number of carbonyl (C=O) groups is 1. The maximum Gasteiger partial charge on any atom is 0.276 e. The minimum Gasteiger partial charge on any atom is -0.318 e. The number of nitrogens with one attached hydrogen (secondary N) is 2. The molecule has 0 aromatic carbocycles. The van der Waals surface area contributed by atoms with Gasteiger partial charge in [-0.1, -0.05) is 13.0 Å². The van der Waals surface area contributed by atoms with Crippen molar-refractivity contribution in [1.29, 1.82) is 0 Å². The summed E-state index contributed by atoms with van der Waals surface area (Å²) in [6, 6.07) is 3.02. The van der Waals surface area contributed by atoms with Crippen molar-refractivity contribution in [1.82, 2.24) is 25.0 Å². The number of pyridine rings is 1. The van der Waals surface area contributed by atoms with Crippen LogP contribution in [0.1, 0.15) is 46.7 Å². The second kappa shape index (κ2) is 7.01. The molecular weight excluding hydrogens is 416 g/mol. The molecule has 3 aromatic heterocycles. The van der Waals surface area contributed by atoms with Crippen molar-refractivity contribution in [2.45, 2.75) is 32.2 Å². The lowest BCUT2D eigenvalue weighted by Gasteiger charge is -2.17. The molecule has 31 heavy (non-hydrogen) atoms. The van der Waals surface area contributed by atoms with E-state index in [1.54, 1.807) is 29.3 Å². The van der Waals surface area contributed by atoms with Crippen LogP contribution in [0, 0.1) is 11.3 Å². The standard InChI is InChI=1S/C21H24N6O3S/c1-21-7-14(21)6-16-17(8-21)25-26-19(16)20(28)24-15-10-23-27(11-15)18(12-31(2,29)30)13-4-3-5-22-9-13/h3-5,9-11,14,18H,6-8,12H2,1-2H3,(H,24,28)(H,25,26). The average molecular weight is 441 g/mol. The summed E-state index contributed by atoms with van der Waals surface area (Å²) in [7, 11) is -3.28. The number of hydrogen-bond acceptors (Lipinski definition) is 6. The quantitative estimate of drug-likeness (QED) is 0.605. The highest BCUT2D eigenvalue weighted by atomic mass is 32.2. The molecule has 162 valence electrons. The third-order valence-corrected chi connectivity index (χ3v) is 7.37. The number of fused-ring (bicyclic) bond motifs is 2. The first-order chi connectivity index (χ1) is 14.7. The van der Waals surface area contributed by atoms with Crippen LogP contribution in [0.25, 0.3) is 0 Å². The summed E-state index contributed by atoms with van der Waals surface area (Å²) >= 11 is 0. The Kier molecular flexibility index (Phi) is 4.51. The van der Waals surface area contributed by atoms with Gasteiger partial charge in [0.15, 0.2) is 5.69 Å². The third-order valence-electron chi connectivity index (χ3n) is 6.45. The lowest BCUT2D eigenvalue weighted by atomic mass is 9.87. The number of amides is 1. The molecule has 1 amide bonds. The summed E-state index contributed by atoms with van der Waals surface area (Å²) in [4.78, 5) is 17.0. The second-order valence-corrected chi connectivity index (χ2v) is 11.2. The predicted octanol–water partition coefficient (Wildman–Crippen LogP) is 2.01. The summed E-state index contributed by atoms with van der Waals surface area (Å²) in [6.45, 7) is 2.28. The number of aromatic amines is 1. The first-order valence-electron chi connectivity index (χ1n) is 10.2. The van der Waals surface area contributed by atoms with Crippen molar-refractivity contribution in [3.8, 4) is 0 Å². The molecule has 0 spiro atoms. The van der Waals surface area contributed by atoms with Crippen molar-refractivity contribution in [2.75, 3.05) is 17.3 Å². The molecule has 3 unspecified atom stereocenters. The Hall–Kier alpha value is -3.01. The van der Waals surface area contributed by atoms with Crippen molar-refractivity contribution < 1.29 is 13.2 Å². The van der Waals surface area contributed by atoms with Gasteiger partial charge in [-0.15, -0.1) is 0 Å². The van der Waals surface area contributed by atoms with Crippen LogP contribution in [-0.4, -0.2) is 51.3 Å². The van der Waals surface area contributed by atoms with Gasteiger partial charge in [-0.25, -0.2) is 8.42 Å². The summed E-state index contributed by atoms with van der Waals surface area (Å²) < 4.78 is 25.5. The van der Waals surface area contributed by atoms with Crippen LogP contribution in [0.2, 0.25) is 0 Å². The SMILES string of the molecule is CC12Cc3[nH]nc(C(=O)Nc4cnn(C(CS(C)(=O)=O)c5cccnc5)c4)c3CC1C2. The lowest BCUT2D eigenvalue weighted by Crippen LogP contribution is -2.21. The lowest BCUT2D eigenvalue weighted by molar-refractivity contribution is 0.102. The topological polar surface area (TPSA) is 123 Å². The molecule has 5 rings (SSSR count). The third kappa shape index (κ3) is 3.87. The summed E-state index contributed by atoms with van der Waals surface area (Å²) in [5.74, 6) is 0.214. The molecule has 1 fully saturated rings. The van der Waals surface area contributed by atoms with Gasteiger partial charge in [0.2, 0.25) is 0 Å². The number of sulfone groups is 1. The van der Waals surface area contributed by atoms with Gasteiger partial charge < -0.3 is 5.32 Å². The van der Waals surface area contributed by atoms with Crippen LogP contribution in [0.5, 0.6) is 0 Å². The minimum atomic E-state index is -3.28. The second-order valence-electron chi connectivity index (χ2n) is 9.02. The van der Waals surface area contributed by atoms with Crippen molar-refractivity contribution in [3.05, 3.63) is 59.4 Å². The highest BCUT2D eigenvalue weighted by Gasteiger charge is 2.53. The van der Waals surface area contributed by atoms with E-state index in [2.05, 4.69) is 32.5 Å². The average Bonchev–Trinajstić information content (AvgIpc) is 3.03. The van der Waals surface area contributed by atoms with Crippen molar-refractivity contribution in [2.24, 2.45) is 11.3 Å². The molecule has 3 aromatic rings. The van der Waals surface area contributed by atoms with Crippen LogP contribution in [-0.2, 0) is 22.7 Å². The molecule has 9 nitrogen and oxygen atoms in total. The molecule has 3 atom stereocenters. The van der Waals surface area contributed by atoms with E-state index < -0.39 is 15.9 Å². The Labute approximate surface area is 180 Å². The normalized spacial score (nSPS) is 23.0. The summed E-state index contributed by atoms with van der Waals surface area (Å²) in [5, 5.41) is 14.5. The number of carbonyl (C=O) groups excluding carboxylic acids is 1. The predicted molar refractivity (Wildman–Crippen MR) is 114 cm³/mol. The van der Waals surface area contributed by atoms with Crippen LogP contribution in [0.15, 0.2) is 36.9 Å². The Bertz CT molecular complexity index is 1250. The fourth-order valence-electron chi connectivity index (χ4n) is 4.59. The monoisotopic (exact) mass is 440 g/mol. The summed E-state index contributed by atoms with van der Waals surface area (Å²) in [6.07, 6.45) is 10.6. The van der Waals surface area contributed by atoms with Gasteiger partial charge >= 0.3 is 0 Å². The first-order valence-corrected chi connectivity index (χ1v) is 12.3. The van der Waals surface area contributed by atoms with Crippen LogP contribution in [0.3, 0.4) is 0 Å². The molecule has 2 aliphatic rings.